The van der Waals surface area contributed by atoms with Crippen LogP contribution in [0.3, 0.4) is 0 Å². The number of amides is 1. The van der Waals surface area contributed by atoms with Gasteiger partial charge in [0.25, 0.3) is 5.91 Å². The van der Waals surface area contributed by atoms with E-state index in [-0.39, 0.29) is 12.5 Å². The van der Waals surface area contributed by atoms with Gasteiger partial charge < -0.3 is 23.9 Å². The highest BCUT2D eigenvalue weighted by Gasteiger charge is 2.12. The van der Waals surface area contributed by atoms with Crippen LogP contribution < -0.4 is 14.8 Å². The Hall–Kier alpha value is -2.74. The van der Waals surface area contributed by atoms with Crippen molar-refractivity contribution in [3.05, 3.63) is 52.4 Å². The lowest BCUT2D eigenvalue weighted by molar-refractivity contribution is -0.143. The summed E-state index contributed by atoms with van der Waals surface area (Å²) in [6, 6.07) is 9.09. The second kappa shape index (κ2) is 9.27. The lowest BCUT2D eigenvalue weighted by Gasteiger charge is -2.18. The number of ether oxygens (including phenoxy) is 3. The smallest absolute Gasteiger partial charge is 0.331 e. The van der Waals surface area contributed by atoms with E-state index >= 15 is 0 Å². The van der Waals surface area contributed by atoms with Crippen molar-refractivity contribution in [2.45, 2.75) is 6.42 Å². The maximum absolute atomic E-state index is 11.8. The molecule has 2 heterocycles. The van der Waals surface area contributed by atoms with Gasteiger partial charge in [0.05, 0.1) is 0 Å². The average Bonchev–Trinajstić information content (AvgIpc) is 3.10. The molecule has 0 aliphatic carbocycles. The van der Waals surface area contributed by atoms with Gasteiger partial charge in [-0.05, 0) is 58.3 Å². The summed E-state index contributed by atoms with van der Waals surface area (Å²) in [5.41, 5.74) is 1.02. The Kier molecular flexibility index (Phi) is 6.54. The van der Waals surface area contributed by atoms with Gasteiger partial charge >= 0.3 is 5.97 Å². The van der Waals surface area contributed by atoms with Crippen LogP contribution in [0.4, 0.5) is 0 Å². The molecule has 0 bridgehead atoms. The number of hydrogen-bond donors (Lipinski definition) is 1. The van der Waals surface area contributed by atoms with E-state index in [0.717, 1.165) is 17.1 Å². The van der Waals surface area contributed by atoms with Crippen LogP contribution in [-0.2, 0) is 20.7 Å². The van der Waals surface area contributed by atoms with Gasteiger partial charge in [-0.25, -0.2) is 4.79 Å². The van der Waals surface area contributed by atoms with Crippen LogP contribution in [-0.4, -0.2) is 38.2 Å². The molecule has 1 aromatic heterocycles. The second-order valence-electron chi connectivity index (χ2n) is 5.66. The fourth-order valence-electron chi connectivity index (χ4n) is 2.39. The third kappa shape index (κ3) is 5.89. The SMILES string of the molecule is O=C(COC(=O)/C=C/c1ccc(Br)o1)NCCc1ccc2c(c1)OCCO2. The predicted molar refractivity (Wildman–Crippen MR) is 101 cm³/mol. The zero-order chi connectivity index (χ0) is 19.1. The van der Waals surface area contributed by atoms with Crippen molar-refractivity contribution in [2.75, 3.05) is 26.4 Å². The van der Waals surface area contributed by atoms with Gasteiger partial charge in [-0.2, -0.15) is 0 Å². The molecule has 1 aromatic carbocycles. The predicted octanol–water partition coefficient (Wildman–Crippen LogP) is 2.73. The summed E-state index contributed by atoms with van der Waals surface area (Å²) < 4.78 is 21.7. The van der Waals surface area contributed by atoms with Crippen molar-refractivity contribution in [3.8, 4) is 11.5 Å². The first-order valence-corrected chi connectivity index (χ1v) is 9.15. The molecular formula is C19H18BrNO6. The van der Waals surface area contributed by atoms with Crippen molar-refractivity contribution in [1.29, 1.82) is 0 Å². The highest BCUT2D eigenvalue weighted by Crippen LogP contribution is 2.30. The van der Waals surface area contributed by atoms with E-state index in [2.05, 4.69) is 21.2 Å². The first-order chi connectivity index (χ1) is 13.1. The van der Waals surface area contributed by atoms with Crippen LogP contribution in [0.1, 0.15) is 11.3 Å². The van der Waals surface area contributed by atoms with Gasteiger partial charge in [-0.3, -0.25) is 4.79 Å². The number of hydrogen-bond acceptors (Lipinski definition) is 6. The van der Waals surface area contributed by atoms with Gasteiger partial charge in [0.15, 0.2) is 22.8 Å². The van der Waals surface area contributed by atoms with Crippen molar-refractivity contribution >= 4 is 33.9 Å². The summed E-state index contributed by atoms with van der Waals surface area (Å²) in [5, 5.41) is 2.71. The summed E-state index contributed by atoms with van der Waals surface area (Å²) in [4.78, 5) is 23.4. The summed E-state index contributed by atoms with van der Waals surface area (Å²) in [7, 11) is 0. The standard InChI is InChI=1S/C19H18BrNO6/c20-17-5-2-14(27-17)3-6-19(23)26-12-18(22)21-8-7-13-1-4-15-16(11-13)25-10-9-24-15/h1-6,11H,7-10,12H2,(H,21,22)/b6-3+. The number of carbonyl (C=O) groups excluding carboxylic acids is 2. The Morgan fingerprint density at radius 2 is 1.96 bits per heavy atom. The number of rotatable bonds is 7. The minimum absolute atomic E-state index is 0.341. The van der Waals surface area contributed by atoms with Crippen LogP contribution in [0.15, 0.2) is 45.5 Å². The van der Waals surface area contributed by atoms with Crippen LogP contribution in [0, 0.1) is 0 Å². The number of nitrogens with one attached hydrogen (secondary N) is 1. The van der Waals surface area contributed by atoms with Crippen molar-refractivity contribution in [3.63, 3.8) is 0 Å². The van der Waals surface area contributed by atoms with Crippen LogP contribution >= 0.6 is 15.9 Å². The first-order valence-electron chi connectivity index (χ1n) is 8.35. The zero-order valence-electron chi connectivity index (χ0n) is 14.4. The van der Waals surface area contributed by atoms with E-state index < -0.39 is 5.97 Å². The number of furan rings is 1. The van der Waals surface area contributed by atoms with E-state index in [1.807, 2.05) is 18.2 Å². The van der Waals surface area contributed by atoms with E-state index in [1.165, 1.54) is 12.2 Å². The molecule has 0 spiro atoms. The molecule has 0 unspecified atom stereocenters. The van der Waals surface area contributed by atoms with Crippen LogP contribution in [0.25, 0.3) is 6.08 Å². The molecule has 1 aliphatic heterocycles. The van der Waals surface area contributed by atoms with Crippen LogP contribution in [0.5, 0.6) is 11.5 Å². The monoisotopic (exact) mass is 435 g/mol. The van der Waals surface area contributed by atoms with E-state index in [0.29, 0.717) is 36.6 Å². The Morgan fingerprint density at radius 3 is 2.74 bits per heavy atom. The minimum atomic E-state index is -0.621. The fourth-order valence-corrected chi connectivity index (χ4v) is 2.71. The number of carbonyl (C=O) groups is 2. The molecule has 0 saturated carbocycles. The third-order valence-electron chi connectivity index (χ3n) is 3.67. The van der Waals surface area contributed by atoms with Gasteiger partial charge in [0, 0.05) is 12.6 Å². The molecule has 7 nitrogen and oxygen atoms in total. The molecule has 27 heavy (non-hydrogen) atoms. The number of benzene rings is 1. The summed E-state index contributed by atoms with van der Waals surface area (Å²) in [5.74, 6) is 0.965. The second-order valence-corrected chi connectivity index (χ2v) is 6.44. The normalized spacial score (nSPS) is 12.8. The molecule has 1 amide bonds. The molecule has 142 valence electrons. The first kappa shape index (κ1) is 19.0. The van der Waals surface area contributed by atoms with Gasteiger partial charge in [-0.1, -0.05) is 6.07 Å². The summed E-state index contributed by atoms with van der Waals surface area (Å²) >= 11 is 3.17. The maximum atomic E-state index is 11.8. The molecule has 3 rings (SSSR count). The molecule has 1 aliphatic rings. The van der Waals surface area contributed by atoms with Crippen molar-refractivity contribution < 1.29 is 28.2 Å². The van der Waals surface area contributed by atoms with Gasteiger partial charge in [0.2, 0.25) is 0 Å². The van der Waals surface area contributed by atoms with Crippen LogP contribution in [0.2, 0.25) is 0 Å². The van der Waals surface area contributed by atoms with E-state index in [9.17, 15) is 9.59 Å². The van der Waals surface area contributed by atoms with Gasteiger partial charge in [0.1, 0.15) is 19.0 Å². The van der Waals surface area contributed by atoms with Crippen molar-refractivity contribution in [1.82, 2.24) is 5.32 Å². The molecule has 0 radical (unpaired) electrons. The quantitative estimate of drug-likeness (QED) is 0.531. The molecule has 0 saturated heterocycles. The Bertz CT molecular complexity index is 844. The van der Waals surface area contributed by atoms with Crippen molar-refractivity contribution in [2.24, 2.45) is 0 Å². The highest BCUT2D eigenvalue weighted by molar-refractivity contribution is 9.10. The topological polar surface area (TPSA) is 87.0 Å². The lowest BCUT2D eigenvalue weighted by Crippen LogP contribution is -2.30. The number of halogens is 1. The molecule has 1 N–H and O–H groups in total. The van der Waals surface area contributed by atoms with E-state index in [1.54, 1.807) is 12.1 Å². The molecule has 8 heteroatoms. The molecule has 0 atom stereocenters. The molecule has 0 fully saturated rings. The zero-order valence-corrected chi connectivity index (χ0v) is 16.0. The summed E-state index contributed by atoms with van der Waals surface area (Å²) in [6.07, 6.45) is 3.30. The highest BCUT2D eigenvalue weighted by atomic mass is 79.9. The molecule has 2 aromatic rings. The minimum Gasteiger partial charge on any atom is -0.486 e. The van der Waals surface area contributed by atoms with Gasteiger partial charge in [-0.15, -0.1) is 0 Å². The van der Waals surface area contributed by atoms with E-state index in [4.69, 9.17) is 18.6 Å². The largest absolute Gasteiger partial charge is 0.486 e. The average molecular weight is 436 g/mol. The maximum Gasteiger partial charge on any atom is 0.331 e. The third-order valence-corrected chi connectivity index (χ3v) is 4.09. The lowest BCUT2D eigenvalue weighted by atomic mass is 10.1. The number of fused-ring (bicyclic) bond motifs is 1. The molecular weight excluding hydrogens is 418 g/mol. The Labute approximate surface area is 164 Å². The Morgan fingerprint density at radius 1 is 1.15 bits per heavy atom. The fraction of sp³-hybridized carbons (Fsp3) is 0.263. The summed E-state index contributed by atoms with van der Waals surface area (Å²) in [6.45, 7) is 1.16. The number of esters is 1. The Balaban J connectivity index is 1.36.